The monoisotopic (exact) mass is 235 g/mol. The van der Waals surface area contributed by atoms with Crippen molar-refractivity contribution in [1.29, 1.82) is 0 Å². The van der Waals surface area contributed by atoms with Crippen molar-refractivity contribution in [2.45, 2.75) is 17.6 Å². The lowest BCUT2D eigenvalue weighted by molar-refractivity contribution is 0.0625. The zero-order chi connectivity index (χ0) is 12.5. The summed E-state index contributed by atoms with van der Waals surface area (Å²) in [4.78, 5) is 0. The number of aliphatic hydroxyl groups is 1. The summed E-state index contributed by atoms with van der Waals surface area (Å²) in [6.45, 7) is 0.0693. The lowest BCUT2D eigenvalue weighted by Gasteiger charge is -2.45. The van der Waals surface area contributed by atoms with Crippen molar-refractivity contribution in [2.75, 3.05) is 27.7 Å². The molecule has 1 aliphatic rings. The van der Waals surface area contributed by atoms with Crippen LogP contribution in [-0.4, -0.2) is 38.4 Å². The highest BCUT2D eigenvalue weighted by atomic mass is 16.3. The van der Waals surface area contributed by atoms with E-state index < -0.39 is 11.2 Å². The summed E-state index contributed by atoms with van der Waals surface area (Å²) in [5.41, 5.74) is 1.61. The van der Waals surface area contributed by atoms with Gasteiger partial charge in [-0.1, -0.05) is 24.3 Å². The molecule has 4 N–H and O–H groups in total. The Morgan fingerprint density at radius 3 is 2.29 bits per heavy atom. The Hall–Kier alpha value is -0.940. The molecule has 0 bridgehead atoms. The van der Waals surface area contributed by atoms with Crippen molar-refractivity contribution < 1.29 is 5.11 Å². The summed E-state index contributed by atoms with van der Waals surface area (Å²) < 4.78 is 0. The smallest absolute Gasteiger partial charge is 0.116 e. The Bertz CT molecular complexity index is 397. The van der Waals surface area contributed by atoms with Gasteiger partial charge in [-0.15, -0.1) is 0 Å². The second-order valence-electron chi connectivity index (χ2n) is 4.57. The fourth-order valence-corrected chi connectivity index (χ4v) is 3.16. The molecule has 1 aromatic rings. The van der Waals surface area contributed by atoms with Gasteiger partial charge < -0.3 is 10.4 Å². The van der Waals surface area contributed by atoms with Crippen LogP contribution in [0.25, 0.3) is 0 Å². The van der Waals surface area contributed by atoms with Gasteiger partial charge in [-0.25, -0.2) is 0 Å². The molecule has 1 aromatic carbocycles. The number of hydrogen-bond acceptors (Lipinski definition) is 4. The molecular formula is C13H21N3O. The minimum Gasteiger partial charge on any atom is -0.394 e. The van der Waals surface area contributed by atoms with Gasteiger partial charge in [0.25, 0.3) is 0 Å². The zero-order valence-electron chi connectivity index (χ0n) is 10.7. The Balaban J connectivity index is 2.62. The standard InChI is InChI=1S/C13H21N3O/c1-14-12(9-17)8-10-6-4-5-7-11(10)13(12,15-2)16-3/h4-7,14-17H,8-9H2,1-3H3. The maximum absolute atomic E-state index is 9.84. The SMILES string of the molecule is CNC1(CO)Cc2ccccc2C1(NC)NC. The number of benzene rings is 1. The normalized spacial score (nSPS) is 25.9. The summed E-state index contributed by atoms with van der Waals surface area (Å²) in [5.74, 6) is 0. The van der Waals surface area contributed by atoms with Gasteiger partial charge >= 0.3 is 0 Å². The van der Waals surface area contributed by atoms with E-state index in [9.17, 15) is 5.11 Å². The molecule has 0 aliphatic heterocycles. The lowest BCUT2D eigenvalue weighted by Crippen LogP contribution is -2.71. The highest BCUT2D eigenvalue weighted by Crippen LogP contribution is 2.41. The predicted molar refractivity (Wildman–Crippen MR) is 68.8 cm³/mol. The van der Waals surface area contributed by atoms with Gasteiger partial charge in [-0.05, 0) is 38.7 Å². The Kier molecular flexibility index (Phi) is 3.23. The molecule has 4 heteroatoms. The third kappa shape index (κ3) is 1.45. The van der Waals surface area contributed by atoms with Gasteiger partial charge in [0, 0.05) is 0 Å². The molecule has 0 fully saturated rings. The Morgan fingerprint density at radius 2 is 1.76 bits per heavy atom. The molecule has 1 aliphatic carbocycles. The molecule has 0 saturated heterocycles. The van der Waals surface area contributed by atoms with Crippen molar-refractivity contribution >= 4 is 0 Å². The predicted octanol–water partition coefficient (Wildman–Crippen LogP) is -0.215. The van der Waals surface area contributed by atoms with E-state index in [-0.39, 0.29) is 6.61 Å². The molecule has 0 aromatic heterocycles. The van der Waals surface area contributed by atoms with Gasteiger partial charge in [-0.3, -0.25) is 10.6 Å². The quantitative estimate of drug-likeness (QED) is 0.545. The number of likely N-dealkylation sites (N-methyl/N-ethyl adjacent to an activating group) is 3. The number of nitrogens with one attached hydrogen (secondary N) is 3. The maximum Gasteiger partial charge on any atom is 0.116 e. The van der Waals surface area contributed by atoms with Crippen LogP contribution in [0.2, 0.25) is 0 Å². The molecule has 0 radical (unpaired) electrons. The van der Waals surface area contributed by atoms with Gasteiger partial charge in [-0.2, -0.15) is 0 Å². The first-order chi connectivity index (χ1) is 8.19. The summed E-state index contributed by atoms with van der Waals surface area (Å²) in [5, 5.41) is 19.8. The molecule has 1 unspecified atom stereocenters. The van der Waals surface area contributed by atoms with Crippen LogP contribution in [0.4, 0.5) is 0 Å². The molecule has 17 heavy (non-hydrogen) atoms. The molecule has 1 atom stereocenters. The average molecular weight is 235 g/mol. The lowest BCUT2D eigenvalue weighted by atomic mass is 9.85. The van der Waals surface area contributed by atoms with E-state index in [2.05, 4.69) is 28.1 Å². The zero-order valence-corrected chi connectivity index (χ0v) is 10.7. The Morgan fingerprint density at radius 1 is 1.12 bits per heavy atom. The first kappa shape index (κ1) is 12.5. The van der Waals surface area contributed by atoms with Gasteiger partial charge in [0.1, 0.15) is 5.66 Å². The minimum absolute atomic E-state index is 0.0693. The number of hydrogen-bond donors (Lipinski definition) is 4. The van der Waals surface area contributed by atoms with Crippen LogP contribution in [0.15, 0.2) is 24.3 Å². The number of fused-ring (bicyclic) bond motifs is 1. The van der Waals surface area contributed by atoms with E-state index in [4.69, 9.17) is 0 Å². The summed E-state index contributed by atoms with van der Waals surface area (Å²) in [6, 6.07) is 8.30. The van der Waals surface area contributed by atoms with Crippen molar-refractivity contribution in [3.63, 3.8) is 0 Å². The van der Waals surface area contributed by atoms with Crippen LogP contribution in [0.1, 0.15) is 11.1 Å². The van der Waals surface area contributed by atoms with E-state index in [0.29, 0.717) is 0 Å². The molecule has 0 amide bonds. The molecule has 94 valence electrons. The van der Waals surface area contributed by atoms with Crippen LogP contribution in [0, 0.1) is 0 Å². The van der Waals surface area contributed by atoms with Crippen molar-refractivity contribution in [3.05, 3.63) is 35.4 Å². The van der Waals surface area contributed by atoms with E-state index in [0.717, 1.165) is 6.42 Å². The van der Waals surface area contributed by atoms with Crippen molar-refractivity contribution in [1.82, 2.24) is 16.0 Å². The maximum atomic E-state index is 9.84. The van der Waals surface area contributed by atoms with Crippen LogP contribution < -0.4 is 16.0 Å². The second kappa shape index (κ2) is 4.38. The highest BCUT2D eigenvalue weighted by Gasteiger charge is 2.55. The third-order valence-corrected chi connectivity index (χ3v) is 4.13. The number of rotatable bonds is 4. The first-order valence-electron chi connectivity index (χ1n) is 5.95. The molecule has 2 rings (SSSR count). The summed E-state index contributed by atoms with van der Waals surface area (Å²) >= 11 is 0. The molecule has 4 nitrogen and oxygen atoms in total. The van der Waals surface area contributed by atoms with Crippen molar-refractivity contribution in [2.24, 2.45) is 0 Å². The third-order valence-electron chi connectivity index (χ3n) is 4.13. The van der Waals surface area contributed by atoms with Crippen LogP contribution in [0.3, 0.4) is 0 Å². The topological polar surface area (TPSA) is 56.3 Å². The molecule has 0 spiro atoms. The molecule has 0 saturated carbocycles. The second-order valence-corrected chi connectivity index (χ2v) is 4.57. The average Bonchev–Trinajstić information content (AvgIpc) is 2.69. The van der Waals surface area contributed by atoms with Crippen LogP contribution in [0.5, 0.6) is 0 Å². The van der Waals surface area contributed by atoms with E-state index in [1.54, 1.807) is 0 Å². The van der Waals surface area contributed by atoms with Crippen molar-refractivity contribution in [3.8, 4) is 0 Å². The first-order valence-corrected chi connectivity index (χ1v) is 5.95. The van der Waals surface area contributed by atoms with Crippen LogP contribution >= 0.6 is 0 Å². The summed E-state index contributed by atoms with van der Waals surface area (Å²) in [6.07, 6.45) is 0.803. The summed E-state index contributed by atoms with van der Waals surface area (Å²) in [7, 11) is 5.73. The number of aliphatic hydroxyl groups excluding tert-OH is 1. The molecular weight excluding hydrogens is 214 g/mol. The van der Waals surface area contributed by atoms with Gasteiger partial charge in [0.05, 0.1) is 12.1 Å². The molecule has 0 heterocycles. The minimum atomic E-state index is -0.437. The largest absolute Gasteiger partial charge is 0.394 e. The fourth-order valence-electron chi connectivity index (χ4n) is 3.16. The van der Waals surface area contributed by atoms with E-state index in [1.165, 1.54) is 11.1 Å². The van der Waals surface area contributed by atoms with Crippen LogP contribution in [-0.2, 0) is 12.1 Å². The Labute approximate surface area is 102 Å². The van der Waals surface area contributed by atoms with E-state index >= 15 is 0 Å². The van der Waals surface area contributed by atoms with E-state index in [1.807, 2.05) is 33.3 Å². The highest BCUT2D eigenvalue weighted by molar-refractivity contribution is 5.44. The van der Waals surface area contributed by atoms with Gasteiger partial charge in [0.2, 0.25) is 0 Å². The van der Waals surface area contributed by atoms with Gasteiger partial charge in [0.15, 0.2) is 0 Å². The fraction of sp³-hybridized carbons (Fsp3) is 0.538.